The molecule has 0 radical (unpaired) electrons. The van der Waals surface area contributed by atoms with Gasteiger partial charge in [0.05, 0.1) is 16.1 Å². The van der Waals surface area contributed by atoms with E-state index in [0.29, 0.717) is 10.6 Å². The highest BCUT2D eigenvalue weighted by molar-refractivity contribution is 14.1. The Bertz CT molecular complexity index is 774. The molecule has 1 N–H and O–H groups in total. The van der Waals surface area contributed by atoms with Gasteiger partial charge in [0.1, 0.15) is 0 Å². The number of sulfonamides is 1. The van der Waals surface area contributed by atoms with Crippen LogP contribution in [0.3, 0.4) is 0 Å². The van der Waals surface area contributed by atoms with Gasteiger partial charge < -0.3 is 0 Å². The van der Waals surface area contributed by atoms with Gasteiger partial charge in [0.2, 0.25) is 0 Å². The number of aryl methyl sites for hydroxylation is 1. The molecule has 2 aromatic carbocycles. The second-order valence-electron chi connectivity index (χ2n) is 4.33. The number of rotatable bonds is 4. The molecule has 0 spiro atoms. The second kappa shape index (κ2) is 6.76. The van der Waals surface area contributed by atoms with E-state index in [1.165, 1.54) is 18.3 Å². The highest BCUT2D eigenvalue weighted by Crippen LogP contribution is 2.17. The molecule has 0 saturated heterocycles. The van der Waals surface area contributed by atoms with Gasteiger partial charge >= 0.3 is 0 Å². The summed E-state index contributed by atoms with van der Waals surface area (Å²) < 4.78 is 25.0. The smallest absolute Gasteiger partial charge is 0.200 e. The van der Waals surface area contributed by atoms with E-state index in [-0.39, 0.29) is 4.90 Å². The van der Waals surface area contributed by atoms with E-state index in [2.05, 4.69) is 32.5 Å². The summed E-state index contributed by atoms with van der Waals surface area (Å²) in [5.41, 5.74) is 1.63. The van der Waals surface area contributed by atoms with E-state index in [9.17, 15) is 8.42 Å². The minimum Gasteiger partial charge on any atom is -0.200 e. The summed E-state index contributed by atoms with van der Waals surface area (Å²) in [6.45, 7) is 1.89. The lowest BCUT2D eigenvalue weighted by atomic mass is 10.2. The van der Waals surface area contributed by atoms with Crippen LogP contribution in [0.25, 0.3) is 0 Å². The molecular formula is C14H12ClIN2O2S. The fraction of sp³-hybridized carbons (Fsp3) is 0.0714. The van der Waals surface area contributed by atoms with Crippen molar-refractivity contribution in [1.82, 2.24) is 4.83 Å². The maximum Gasteiger partial charge on any atom is 0.276 e. The van der Waals surface area contributed by atoms with Gasteiger partial charge in [-0.25, -0.2) is 4.83 Å². The van der Waals surface area contributed by atoms with Crippen molar-refractivity contribution in [2.24, 2.45) is 5.10 Å². The predicted molar refractivity (Wildman–Crippen MR) is 93.3 cm³/mol. The van der Waals surface area contributed by atoms with Crippen LogP contribution < -0.4 is 4.83 Å². The van der Waals surface area contributed by atoms with Crippen LogP contribution in [0.15, 0.2) is 52.5 Å². The SMILES string of the molecule is Cc1ccc(S(=O)(=O)N/N=C\c2ccc(I)cc2Cl)cc1. The van der Waals surface area contributed by atoms with E-state index < -0.39 is 10.0 Å². The van der Waals surface area contributed by atoms with Crippen LogP contribution in [0.5, 0.6) is 0 Å². The second-order valence-corrected chi connectivity index (χ2v) is 7.65. The zero-order valence-corrected chi connectivity index (χ0v) is 14.8. The Morgan fingerprint density at radius 2 is 1.86 bits per heavy atom. The third-order valence-corrected chi connectivity index (χ3v) is 4.91. The molecule has 110 valence electrons. The van der Waals surface area contributed by atoms with E-state index in [1.54, 1.807) is 24.3 Å². The Labute approximate surface area is 142 Å². The van der Waals surface area contributed by atoms with Gasteiger partial charge in [-0.2, -0.15) is 13.5 Å². The van der Waals surface area contributed by atoms with Gasteiger partial charge in [-0.05, 0) is 53.8 Å². The summed E-state index contributed by atoms with van der Waals surface area (Å²) in [5, 5.41) is 4.27. The summed E-state index contributed by atoms with van der Waals surface area (Å²) in [6.07, 6.45) is 1.38. The lowest BCUT2D eigenvalue weighted by Gasteiger charge is -2.04. The highest BCUT2D eigenvalue weighted by atomic mass is 127. The molecule has 7 heteroatoms. The number of nitrogens with one attached hydrogen (secondary N) is 1. The number of hydrogen-bond donors (Lipinski definition) is 1. The largest absolute Gasteiger partial charge is 0.276 e. The van der Waals surface area contributed by atoms with Crippen LogP contribution in [0.1, 0.15) is 11.1 Å². The number of hydrazone groups is 1. The molecular weight excluding hydrogens is 423 g/mol. The van der Waals surface area contributed by atoms with Crippen LogP contribution in [0, 0.1) is 10.5 Å². The van der Waals surface area contributed by atoms with Crippen molar-refractivity contribution in [1.29, 1.82) is 0 Å². The maximum atomic E-state index is 12.0. The van der Waals surface area contributed by atoms with Crippen LogP contribution in [0.2, 0.25) is 5.02 Å². The van der Waals surface area contributed by atoms with Gasteiger partial charge in [0, 0.05) is 9.13 Å². The fourth-order valence-corrected chi connectivity index (χ4v) is 3.24. The molecule has 0 fully saturated rings. The first-order valence-corrected chi connectivity index (χ1v) is 8.89. The molecule has 0 bridgehead atoms. The molecule has 0 unspecified atom stereocenters. The van der Waals surface area contributed by atoms with Crippen molar-refractivity contribution in [2.75, 3.05) is 0 Å². The van der Waals surface area contributed by atoms with Crippen LogP contribution in [0.4, 0.5) is 0 Å². The van der Waals surface area contributed by atoms with E-state index >= 15 is 0 Å². The van der Waals surface area contributed by atoms with E-state index in [4.69, 9.17) is 11.6 Å². The van der Waals surface area contributed by atoms with Gasteiger partial charge in [0.15, 0.2) is 0 Å². The summed E-state index contributed by atoms with van der Waals surface area (Å²) in [5.74, 6) is 0. The van der Waals surface area contributed by atoms with Gasteiger partial charge in [0.25, 0.3) is 10.0 Å². The van der Waals surface area contributed by atoms with Crippen molar-refractivity contribution >= 4 is 50.4 Å². The Balaban J connectivity index is 2.14. The third kappa shape index (κ3) is 4.42. The average Bonchev–Trinajstić information content (AvgIpc) is 2.41. The summed E-state index contributed by atoms with van der Waals surface area (Å²) in [6, 6.07) is 11.9. The standard InChI is InChI=1S/C14H12ClIN2O2S/c1-10-2-6-13(7-3-10)21(19,20)18-17-9-11-4-5-12(16)8-14(11)15/h2-9,18H,1H3/b17-9-. The van der Waals surface area contributed by atoms with Crippen molar-refractivity contribution < 1.29 is 8.42 Å². The van der Waals surface area contributed by atoms with Crippen LogP contribution in [-0.2, 0) is 10.0 Å². The molecule has 0 aromatic heterocycles. The van der Waals surface area contributed by atoms with Crippen molar-refractivity contribution in [3.05, 3.63) is 62.2 Å². The maximum absolute atomic E-state index is 12.0. The third-order valence-electron chi connectivity index (χ3n) is 2.67. The topological polar surface area (TPSA) is 58.5 Å². The van der Waals surface area contributed by atoms with Crippen molar-refractivity contribution in [3.8, 4) is 0 Å². The summed E-state index contributed by atoms with van der Waals surface area (Å²) in [4.78, 5) is 2.33. The Kier molecular flexibility index (Phi) is 5.23. The first-order valence-electron chi connectivity index (χ1n) is 5.95. The quantitative estimate of drug-likeness (QED) is 0.454. The van der Waals surface area contributed by atoms with E-state index in [1.807, 2.05) is 13.0 Å². The zero-order valence-electron chi connectivity index (χ0n) is 11.0. The summed E-state index contributed by atoms with van der Waals surface area (Å²) >= 11 is 8.18. The average molecular weight is 435 g/mol. The molecule has 0 aliphatic rings. The minimum atomic E-state index is -3.66. The number of nitrogens with zero attached hydrogens (tertiary/aromatic N) is 1. The van der Waals surface area contributed by atoms with Crippen molar-refractivity contribution in [3.63, 3.8) is 0 Å². The highest BCUT2D eigenvalue weighted by Gasteiger charge is 2.11. The molecule has 2 rings (SSSR count). The normalized spacial score (nSPS) is 11.8. The molecule has 4 nitrogen and oxygen atoms in total. The Morgan fingerprint density at radius 1 is 1.19 bits per heavy atom. The first kappa shape index (κ1) is 16.3. The molecule has 21 heavy (non-hydrogen) atoms. The minimum absolute atomic E-state index is 0.166. The Morgan fingerprint density at radius 3 is 2.48 bits per heavy atom. The number of halogens is 2. The molecule has 2 aromatic rings. The monoisotopic (exact) mass is 434 g/mol. The van der Waals surface area contributed by atoms with E-state index in [0.717, 1.165) is 9.13 Å². The summed E-state index contributed by atoms with van der Waals surface area (Å²) in [7, 11) is -3.66. The molecule has 0 atom stereocenters. The van der Waals surface area contributed by atoms with Crippen molar-refractivity contribution in [2.45, 2.75) is 11.8 Å². The zero-order chi connectivity index (χ0) is 15.5. The van der Waals surface area contributed by atoms with Crippen LogP contribution in [-0.4, -0.2) is 14.6 Å². The lowest BCUT2D eigenvalue weighted by molar-refractivity contribution is 0.584. The molecule has 0 heterocycles. The predicted octanol–water partition coefficient (Wildman–Crippen LogP) is 3.57. The first-order chi connectivity index (χ1) is 9.88. The van der Waals surface area contributed by atoms with Gasteiger partial charge in [-0.1, -0.05) is 35.4 Å². The fourth-order valence-electron chi connectivity index (χ4n) is 1.54. The molecule has 0 saturated carbocycles. The Hall–Kier alpha value is -1.12. The van der Waals surface area contributed by atoms with Crippen LogP contribution >= 0.6 is 34.2 Å². The number of benzene rings is 2. The van der Waals surface area contributed by atoms with Gasteiger partial charge in [-0.15, -0.1) is 0 Å². The molecule has 0 aliphatic heterocycles. The van der Waals surface area contributed by atoms with Gasteiger partial charge in [-0.3, -0.25) is 0 Å². The molecule has 0 amide bonds. The lowest BCUT2D eigenvalue weighted by Crippen LogP contribution is -2.18. The number of hydrogen-bond acceptors (Lipinski definition) is 3. The molecule has 0 aliphatic carbocycles.